The zero-order chi connectivity index (χ0) is 15.1. The second-order valence-electron chi connectivity index (χ2n) is 5.60. The molecule has 1 fully saturated rings. The number of halogens is 1. The molecule has 118 valence electrons. The van der Waals surface area contributed by atoms with Crippen molar-refractivity contribution in [2.24, 2.45) is 0 Å². The normalized spacial score (nSPS) is 16.4. The molecule has 0 aromatic heterocycles. The first kappa shape index (κ1) is 16.2. The molecule has 0 unspecified atom stereocenters. The van der Waals surface area contributed by atoms with Crippen LogP contribution in [0.15, 0.2) is 18.2 Å². The molecule has 1 saturated heterocycles. The van der Waals surface area contributed by atoms with E-state index in [1.54, 1.807) is 13.2 Å². The third kappa shape index (κ3) is 4.95. The quantitative estimate of drug-likeness (QED) is 0.775. The van der Waals surface area contributed by atoms with Gasteiger partial charge in [0.2, 0.25) is 0 Å². The minimum atomic E-state index is -0.123. The van der Waals surface area contributed by atoms with E-state index in [9.17, 15) is 4.39 Å². The van der Waals surface area contributed by atoms with Gasteiger partial charge in [-0.15, -0.1) is 0 Å². The van der Waals surface area contributed by atoms with E-state index in [-0.39, 0.29) is 5.82 Å². The van der Waals surface area contributed by atoms with Gasteiger partial charge in [0.05, 0.1) is 5.69 Å². The van der Waals surface area contributed by atoms with Gasteiger partial charge in [0.25, 0.3) is 0 Å². The molecule has 1 heterocycles. The summed E-state index contributed by atoms with van der Waals surface area (Å²) in [7, 11) is 3.82. The van der Waals surface area contributed by atoms with E-state index >= 15 is 0 Å². The smallest absolute Gasteiger partial charge is 0.146 e. The number of nitrogens with one attached hydrogen (secondary N) is 1. The topological polar surface area (TPSA) is 27.7 Å². The van der Waals surface area contributed by atoms with Gasteiger partial charge in [-0.25, -0.2) is 4.39 Å². The molecule has 21 heavy (non-hydrogen) atoms. The zero-order valence-corrected chi connectivity index (χ0v) is 13.1. The molecular weight excluding hydrogens is 269 g/mol. The number of likely N-dealkylation sites (N-methyl/N-ethyl adjacent to an activating group) is 1. The van der Waals surface area contributed by atoms with Crippen LogP contribution in [0, 0.1) is 5.82 Å². The fourth-order valence-corrected chi connectivity index (χ4v) is 2.53. The molecule has 0 spiro atoms. The van der Waals surface area contributed by atoms with E-state index in [1.165, 1.54) is 0 Å². The largest absolute Gasteiger partial charge is 0.385 e. The van der Waals surface area contributed by atoms with Crippen molar-refractivity contribution in [2.45, 2.75) is 13.0 Å². The number of rotatable bonds is 7. The van der Waals surface area contributed by atoms with Crippen LogP contribution >= 0.6 is 0 Å². The van der Waals surface area contributed by atoms with Crippen LogP contribution in [-0.2, 0) is 11.3 Å². The lowest BCUT2D eigenvalue weighted by molar-refractivity contribution is 0.194. The van der Waals surface area contributed by atoms with E-state index in [0.717, 1.165) is 63.5 Å². The van der Waals surface area contributed by atoms with Gasteiger partial charge in [-0.1, -0.05) is 6.07 Å². The molecule has 2 rings (SSSR count). The lowest BCUT2D eigenvalue weighted by Crippen LogP contribution is -2.44. The van der Waals surface area contributed by atoms with Crippen molar-refractivity contribution < 1.29 is 9.13 Å². The summed E-state index contributed by atoms with van der Waals surface area (Å²) in [5.74, 6) is -0.123. The lowest BCUT2D eigenvalue weighted by atomic mass is 10.1. The molecule has 0 radical (unpaired) electrons. The highest BCUT2D eigenvalue weighted by Gasteiger charge is 2.17. The Kier molecular flexibility index (Phi) is 6.42. The van der Waals surface area contributed by atoms with Gasteiger partial charge in [-0.3, -0.25) is 0 Å². The standard InChI is InChI=1S/C16H26FN3O/c1-19-7-9-20(10-8-19)16-12-14(4-5-15(16)17)13-18-6-3-11-21-2/h4-5,12,18H,3,6-11,13H2,1-2H3. The van der Waals surface area contributed by atoms with Gasteiger partial charge < -0.3 is 19.9 Å². The molecule has 0 bridgehead atoms. The van der Waals surface area contributed by atoms with Gasteiger partial charge >= 0.3 is 0 Å². The van der Waals surface area contributed by atoms with Crippen molar-refractivity contribution in [1.29, 1.82) is 0 Å². The third-order valence-electron chi connectivity index (χ3n) is 3.89. The molecular formula is C16H26FN3O. The van der Waals surface area contributed by atoms with Crippen LogP contribution in [0.2, 0.25) is 0 Å². The van der Waals surface area contributed by atoms with E-state index < -0.39 is 0 Å². The number of piperazine rings is 1. The summed E-state index contributed by atoms with van der Waals surface area (Å²) in [6.45, 7) is 6.19. The Morgan fingerprint density at radius 2 is 2.00 bits per heavy atom. The van der Waals surface area contributed by atoms with Crippen molar-refractivity contribution in [3.05, 3.63) is 29.6 Å². The van der Waals surface area contributed by atoms with Crippen LogP contribution in [-0.4, -0.2) is 58.4 Å². The lowest BCUT2D eigenvalue weighted by Gasteiger charge is -2.34. The predicted octanol–water partition coefficient (Wildman–Crippen LogP) is 1.70. The summed E-state index contributed by atoms with van der Waals surface area (Å²) in [4.78, 5) is 4.42. The minimum absolute atomic E-state index is 0.123. The van der Waals surface area contributed by atoms with Crippen molar-refractivity contribution in [1.82, 2.24) is 10.2 Å². The molecule has 0 atom stereocenters. The van der Waals surface area contributed by atoms with E-state index in [4.69, 9.17) is 4.74 Å². The van der Waals surface area contributed by atoms with Crippen molar-refractivity contribution >= 4 is 5.69 Å². The van der Waals surface area contributed by atoms with Crippen LogP contribution in [0.1, 0.15) is 12.0 Å². The SMILES string of the molecule is COCCCNCc1ccc(F)c(N2CCN(C)CC2)c1. The third-order valence-corrected chi connectivity index (χ3v) is 3.89. The van der Waals surface area contributed by atoms with E-state index in [1.807, 2.05) is 12.1 Å². The maximum Gasteiger partial charge on any atom is 0.146 e. The molecule has 1 aliphatic rings. The van der Waals surface area contributed by atoms with Crippen molar-refractivity contribution in [2.75, 3.05) is 58.4 Å². The molecule has 4 nitrogen and oxygen atoms in total. The Hall–Kier alpha value is -1.17. The fraction of sp³-hybridized carbons (Fsp3) is 0.625. The summed E-state index contributed by atoms with van der Waals surface area (Å²) in [5, 5.41) is 3.36. The van der Waals surface area contributed by atoms with Gasteiger partial charge in [0, 0.05) is 46.4 Å². The molecule has 1 aliphatic heterocycles. The molecule has 5 heteroatoms. The molecule has 0 aliphatic carbocycles. The van der Waals surface area contributed by atoms with E-state index in [2.05, 4.69) is 22.2 Å². The van der Waals surface area contributed by atoms with Gasteiger partial charge in [0.1, 0.15) is 5.82 Å². The second kappa shape index (κ2) is 8.32. The van der Waals surface area contributed by atoms with Crippen molar-refractivity contribution in [3.8, 4) is 0 Å². The first-order valence-electron chi connectivity index (χ1n) is 7.62. The Morgan fingerprint density at radius 1 is 1.24 bits per heavy atom. The highest BCUT2D eigenvalue weighted by molar-refractivity contribution is 5.50. The predicted molar refractivity (Wildman–Crippen MR) is 84.3 cm³/mol. The highest BCUT2D eigenvalue weighted by Crippen LogP contribution is 2.22. The number of nitrogens with zero attached hydrogens (tertiary/aromatic N) is 2. The summed E-state index contributed by atoms with van der Waals surface area (Å²) in [6.07, 6.45) is 0.989. The van der Waals surface area contributed by atoms with Crippen LogP contribution in [0.4, 0.5) is 10.1 Å². The van der Waals surface area contributed by atoms with Gasteiger partial charge in [-0.2, -0.15) is 0 Å². The first-order valence-corrected chi connectivity index (χ1v) is 7.62. The Bertz CT molecular complexity index is 434. The summed E-state index contributed by atoms with van der Waals surface area (Å²) in [6, 6.07) is 5.42. The number of ether oxygens (including phenoxy) is 1. The average Bonchev–Trinajstić information content (AvgIpc) is 2.50. The van der Waals surface area contributed by atoms with Gasteiger partial charge in [0.15, 0.2) is 0 Å². The summed E-state index contributed by atoms with van der Waals surface area (Å²) < 4.78 is 19.1. The van der Waals surface area contributed by atoms with Crippen LogP contribution in [0.5, 0.6) is 0 Å². The van der Waals surface area contributed by atoms with Crippen LogP contribution in [0.25, 0.3) is 0 Å². The fourth-order valence-electron chi connectivity index (χ4n) is 2.53. The number of hydrogen-bond donors (Lipinski definition) is 1. The first-order chi connectivity index (χ1) is 10.2. The Morgan fingerprint density at radius 3 is 2.71 bits per heavy atom. The number of benzene rings is 1. The average molecular weight is 295 g/mol. The van der Waals surface area contributed by atoms with Crippen LogP contribution in [0.3, 0.4) is 0 Å². The monoisotopic (exact) mass is 295 g/mol. The Labute approximate surface area is 126 Å². The van der Waals surface area contributed by atoms with Gasteiger partial charge in [-0.05, 0) is 37.7 Å². The highest BCUT2D eigenvalue weighted by atomic mass is 19.1. The summed E-state index contributed by atoms with van der Waals surface area (Å²) in [5.41, 5.74) is 1.86. The molecule has 0 saturated carbocycles. The zero-order valence-electron chi connectivity index (χ0n) is 13.1. The molecule has 1 aromatic carbocycles. The number of methoxy groups -OCH3 is 1. The van der Waals surface area contributed by atoms with Crippen molar-refractivity contribution in [3.63, 3.8) is 0 Å². The maximum atomic E-state index is 14.0. The molecule has 1 N–H and O–H groups in total. The summed E-state index contributed by atoms with van der Waals surface area (Å²) >= 11 is 0. The maximum absolute atomic E-state index is 14.0. The minimum Gasteiger partial charge on any atom is -0.385 e. The Balaban J connectivity index is 1.90. The number of hydrogen-bond acceptors (Lipinski definition) is 4. The van der Waals surface area contributed by atoms with E-state index in [0.29, 0.717) is 0 Å². The molecule has 1 aromatic rings. The van der Waals surface area contributed by atoms with Crippen LogP contribution < -0.4 is 10.2 Å². The second-order valence-corrected chi connectivity index (χ2v) is 5.60. The molecule has 0 amide bonds. The number of anilines is 1.